The number of aliphatic hydroxyl groups excluding tert-OH is 1. The Morgan fingerprint density at radius 1 is 1.14 bits per heavy atom. The van der Waals surface area contributed by atoms with Crippen LogP contribution in [0.25, 0.3) is 0 Å². The van der Waals surface area contributed by atoms with E-state index in [9.17, 15) is 14.7 Å². The summed E-state index contributed by atoms with van der Waals surface area (Å²) in [4.78, 5) is 24.5. The van der Waals surface area contributed by atoms with Gasteiger partial charge < -0.3 is 25.2 Å². The van der Waals surface area contributed by atoms with Crippen LogP contribution in [-0.2, 0) is 22.6 Å². The molecule has 2 heterocycles. The SMILES string of the molecule is O=C(CSC1=C(O)C(Cc2ccccc2)NC1=O)NCc1ccc2c(c1)OCO2. The average Bonchev–Trinajstić information content (AvgIpc) is 3.30. The third-order valence-corrected chi connectivity index (χ3v) is 5.72. The second-order valence-corrected chi connectivity index (χ2v) is 7.67. The molecule has 29 heavy (non-hydrogen) atoms. The number of amides is 2. The molecule has 1 unspecified atom stereocenters. The standard InChI is InChI=1S/C21H20N2O5S/c24-18(22-10-14-6-7-16-17(9-14)28-12-27-16)11-29-20-19(25)15(23-21(20)26)8-13-4-2-1-3-5-13/h1-7,9,15,25H,8,10-12H2,(H,22,24)(H,23,26). The third kappa shape index (κ3) is 4.48. The lowest BCUT2D eigenvalue weighted by Crippen LogP contribution is -2.30. The van der Waals surface area contributed by atoms with Crippen LogP contribution in [0.2, 0.25) is 0 Å². The number of carbonyl (C=O) groups excluding carboxylic acids is 2. The Labute approximate surface area is 172 Å². The predicted molar refractivity (Wildman–Crippen MR) is 109 cm³/mol. The highest BCUT2D eigenvalue weighted by atomic mass is 32.2. The predicted octanol–water partition coefficient (Wildman–Crippen LogP) is 2.28. The molecule has 0 fully saturated rings. The lowest BCUT2D eigenvalue weighted by Gasteiger charge is -2.10. The zero-order valence-corrected chi connectivity index (χ0v) is 16.3. The molecule has 2 aliphatic rings. The molecule has 2 aliphatic heterocycles. The van der Waals surface area contributed by atoms with Gasteiger partial charge in [-0.15, -0.1) is 11.8 Å². The Kier molecular flexibility index (Phi) is 5.62. The van der Waals surface area contributed by atoms with Crippen LogP contribution in [0.15, 0.2) is 59.2 Å². The Bertz CT molecular complexity index is 961. The summed E-state index contributed by atoms with van der Waals surface area (Å²) < 4.78 is 10.6. The van der Waals surface area contributed by atoms with Crippen molar-refractivity contribution in [1.82, 2.24) is 10.6 Å². The lowest BCUT2D eigenvalue weighted by atomic mass is 10.1. The number of rotatable bonds is 7. The molecule has 8 heteroatoms. The van der Waals surface area contributed by atoms with Crippen molar-refractivity contribution in [3.8, 4) is 11.5 Å². The summed E-state index contributed by atoms with van der Waals surface area (Å²) in [7, 11) is 0. The number of hydrogen-bond acceptors (Lipinski definition) is 6. The van der Waals surface area contributed by atoms with Gasteiger partial charge in [-0.1, -0.05) is 36.4 Å². The number of nitrogens with one attached hydrogen (secondary N) is 2. The average molecular weight is 412 g/mol. The van der Waals surface area contributed by atoms with Crippen LogP contribution in [0.5, 0.6) is 11.5 Å². The Morgan fingerprint density at radius 3 is 2.76 bits per heavy atom. The molecule has 0 radical (unpaired) electrons. The minimum Gasteiger partial charge on any atom is -0.509 e. The van der Waals surface area contributed by atoms with Crippen molar-refractivity contribution in [2.45, 2.75) is 19.0 Å². The van der Waals surface area contributed by atoms with Gasteiger partial charge in [0.15, 0.2) is 11.5 Å². The summed E-state index contributed by atoms with van der Waals surface area (Å²) in [6.45, 7) is 0.539. The Morgan fingerprint density at radius 2 is 1.93 bits per heavy atom. The first-order chi connectivity index (χ1) is 14.1. The van der Waals surface area contributed by atoms with Crippen LogP contribution in [0.4, 0.5) is 0 Å². The molecule has 0 spiro atoms. The molecule has 4 rings (SSSR count). The van der Waals surface area contributed by atoms with Gasteiger partial charge >= 0.3 is 0 Å². The maximum Gasteiger partial charge on any atom is 0.261 e. The number of carbonyl (C=O) groups is 2. The minimum absolute atomic E-state index is 0.00701. The highest BCUT2D eigenvalue weighted by Gasteiger charge is 2.32. The van der Waals surface area contributed by atoms with Crippen molar-refractivity contribution in [2.24, 2.45) is 0 Å². The molecule has 3 N–H and O–H groups in total. The van der Waals surface area contributed by atoms with Gasteiger partial charge in [0.25, 0.3) is 5.91 Å². The fourth-order valence-electron chi connectivity index (χ4n) is 3.14. The minimum atomic E-state index is -0.468. The van der Waals surface area contributed by atoms with Gasteiger partial charge in [0.05, 0.1) is 11.8 Å². The van der Waals surface area contributed by atoms with Crippen LogP contribution >= 0.6 is 11.8 Å². The maximum absolute atomic E-state index is 12.2. The van der Waals surface area contributed by atoms with Crippen molar-refractivity contribution in [1.29, 1.82) is 0 Å². The highest BCUT2D eigenvalue weighted by Crippen LogP contribution is 2.32. The quantitative estimate of drug-likeness (QED) is 0.646. The van der Waals surface area contributed by atoms with Crippen LogP contribution in [0, 0.1) is 0 Å². The number of benzene rings is 2. The van der Waals surface area contributed by atoms with Crippen molar-refractivity contribution in [3.63, 3.8) is 0 Å². The first-order valence-electron chi connectivity index (χ1n) is 9.16. The first kappa shape index (κ1) is 19.2. The molecule has 7 nitrogen and oxygen atoms in total. The number of ether oxygens (including phenoxy) is 2. The monoisotopic (exact) mass is 412 g/mol. The third-order valence-electron chi connectivity index (χ3n) is 4.63. The van der Waals surface area contributed by atoms with Crippen molar-refractivity contribution < 1.29 is 24.2 Å². The smallest absolute Gasteiger partial charge is 0.261 e. The van der Waals surface area contributed by atoms with Gasteiger partial charge in [-0.3, -0.25) is 9.59 Å². The van der Waals surface area contributed by atoms with Gasteiger partial charge in [0.1, 0.15) is 10.7 Å². The van der Waals surface area contributed by atoms with Gasteiger partial charge in [-0.05, 0) is 29.7 Å². The van der Waals surface area contributed by atoms with Gasteiger partial charge in [0, 0.05) is 6.54 Å². The summed E-state index contributed by atoms with van der Waals surface area (Å²) in [5, 5.41) is 16.0. The summed E-state index contributed by atoms with van der Waals surface area (Å²) in [5.74, 6) is 0.801. The highest BCUT2D eigenvalue weighted by molar-refractivity contribution is 8.04. The van der Waals surface area contributed by atoms with E-state index in [1.165, 1.54) is 0 Å². The molecule has 0 saturated carbocycles. The van der Waals surface area contributed by atoms with Crippen molar-refractivity contribution in [2.75, 3.05) is 12.5 Å². The molecule has 150 valence electrons. The maximum atomic E-state index is 12.2. The molecular formula is C21H20N2O5S. The van der Waals surface area contributed by atoms with E-state index < -0.39 is 6.04 Å². The molecule has 0 saturated heterocycles. The zero-order valence-electron chi connectivity index (χ0n) is 15.5. The lowest BCUT2D eigenvalue weighted by molar-refractivity contribution is -0.118. The molecule has 2 aromatic carbocycles. The summed E-state index contributed by atoms with van der Waals surface area (Å²) in [5.41, 5.74) is 1.90. The van der Waals surface area contributed by atoms with Crippen LogP contribution in [0.1, 0.15) is 11.1 Å². The molecule has 2 aromatic rings. The number of aliphatic hydroxyl groups is 1. The second kappa shape index (κ2) is 8.48. The van der Waals surface area contributed by atoms with Gasteiger partial charge in [-0.2, -0.15) is 0 Å². The largest absolute Gasteiger partial charge is 0.509 e. The fourth-order valence-corrected chi connectivity index (χ4v) is 4.00. The fraction of sp³-hybridized carbons (Fsp3) is 0.238. The van der Waals surface area contributed by atoms with Crippen LogP contribution < -0.4 is 20.1 Å². The Hall–Kier alpha value is -3.13. The molecular weight excluding hydrogens is 392 g/mol. The van der Waals surface area contributed by atoms with E-state index >= 15 is 0 Å². The van der Waals surface area contributed by atoms with Gasteiger partial charge in [0.2, 0.25) is 12.7 Å². The van der Waals surface area contributed by atoms with Gasteiger partial charge in [-0.25, -0.2) is 0 Å². The van der Waals surface area contributed by atoms with E-state index in [1.54, 1.807) is 6.07 Å². The number of fused-ring (bicyclic) bond motifs is 1. The van der Waals surface area contributed by atoms with Crippen LogP contribution in [-0.4, -0.2) is 35.5 Å². The van der Waals surface area contributed by atoms with Crippen molar-refractivity contribution in [3.05, 3.63) is 70.3 Å². The van der Waals surface area contributed by atoms with E-state index in [2.05, 4.69) is 10.6 Å². The normalized spacial score (nSPS) is 17.4. The van der Waals surface area contributed by atoms with E-state index in [1.807, 2.05) is 42.5 Å². The van der Waals surface area contributed by atoms with E-state index in [4.69, 9.17) is 9.47 Å². The van der Waals surface area contributed by atoms with Crippen molar-refractivity contribution >= 4 is 23.6 Å². The summed E-state index contributed by atoms with van der Waals surface area (Å²) >= 11 is 1.04. The van der Waals surface area contributed by atoms with E-state index in [0.717, 1.165) is 22.9 Å². The molecule has 0 bridgehead atoms. The first-order valence-corrected chi connectivity index (χ1v) is 10.1. The summed E-state index contributed by atoms with van der Waals surface area (Å²) in [6, 6.07) is 14.6. The second-order valence-electron chi connectivity index (χ2n) is 6.68. The topological polar surface area (TPSA) is 96.9 Å². The van der Waals surface area contributed by atoms with Crippen LogP contribution in [0.3, 0.4) is 0 Å². The summed E-state index contributed by atoms with van der Waals surface area (Å²) in [6.07, 6.45) is 0.499. The number of hydrogen-bond donors (Lipinski definition) is 3. The Balaban J connectivity index is 1.29. The zero-order chi connectivity index (χ0) is 20.2. The number of thioether (sulfide) groups is 1. The van der Waals surface area contributed by atoms with E-state index in [-0.39, 0.29) is 35.0 Å². The molecule has 0 aromatic heterocycles. The molecule has 0 aliphatic carbocycles. The molecule has 2 amide bonds. The van der Waals surface area contributed by atoms with E-state index in [0.29, 0.717) is 24.5 Å². The molecule has 1 atom stereocenters.